The smallest absolute Gasteiger partial charge is 0.309 e. The summed E-state index contributed by atoms with van der Waals surface area (Å²) < 4.78 is 4.54. The molecule has 0 aromatic rings. The van der Waals surface area contributed by atoms with E-state index in [9.17, 15) is 4.79 Å². The van der Waals surface area contributed by atoms with Crippen LogP contribution in [0.15, 0.2) is 29.0 Å². The molecule has 4 heteroatoms. The molecule has 16 heavy (non-hydrogen) atoms. The lowest BCUT2D eigenvalue weighted by atomic mass is 10.1. The van der Waals surface area contributed by atoms with Crippen molar-refractivity contribution in [2.24, 2.45) is 5.16 Å². The van der Waals surface area contributed by atoms with Gasteiger partial charge in [0.05, 0.1) is 19.2 Å². The first-order chi connectivity index (χ1) is 7.65. The summed E-state index contributed by atoms with van der Waals surface area (Å²) in [7, 11) is 1.35. The number of carbonyl (C=O) groups is 1. The molecular formula is C12H19NO3. The number of carbonyl (C=O) groups excluding carboxylic acids is 1. The van der Waals surface area contributed by atoms with E-state index in [1.54, 1.807) is 13.0 Å². The predicted octanol–water partition coefficient (Wildman–Crippen LogP) is 2.68. The Hall–Kier alpha value is -1.58. The second-order valence-corrected chi connectivity index (χ2v) is 3.28. The molecule has 0 radical (unpaired) electrons. The van der Waals surface area contributed by atoms with E-state index in [4.69, 9.17) is 5.21 Å². The molecule has 4 nitrogen and oxygen atoms in total. The molecule has 1 N–H and O–H groups in total. The van der Waals surface area contributed by atoms with Crippen LogP contribution in [-0.4, -0.2) is 24.0 Å². The molecule has 0 aliphatic rings. The standard InChI is InChI=1S/C12H19NO3/c1-4-5-6-7-11(10(2)13-15)8-9-12(14)16-3/h5-6,8,15H,4,7,9H2,1-3H3/b6-5-,11-8-,13-10?. The SMILES string of the molecule is CC/C=C\C/C(=C/CC(=O)OC)C(C)=NO. The third-order valence-electron chi connectivity index (χ3n) is 2.10. The highest BCUT2D eigenvalue weighted by molar-refractivity contribution is 5.98. The Bertz CT molecular complexity index is 303. The van der Waals surface area contributed by atoms with Crippen molar-refractivity contribution < 1.29 is 14.7 Å². The van der Waals surface area contributed by atoms with Crippen molar-refractivity contribution in [2.45, 2.75) is 33.1 Å². The fraction of sp³-hybridized carbons (Fsp3) is 0.500. The van der Waals surface area contributed by atoms with Crippen molar-refractivity contribution in [3.63, 3.8) is 0 Å². The molecule has 0 fully saturated rings. The lowest BCUT2D eigenvalue weighted by molar-refractivity contribution is -0.139. The summed E-state index contributed by atoms with van der Waals surface area (Å²) in [5, 5.41) is 11.8. The van der Waals surface area contributed by atoms with E-state index in [0.29, 0.717) is 12.1 Å². The minimum atomic E-state index is -0.303. The Morgan fingerprint density at radius 2 is 2.06 bits per heavy atom. The van der Waals surface area contributed by atoms with Crippen molar-refractivity contribution in [2.75, 3.05) is 7.11 Å². The topological polar surface area (TPSA) is 58.9 Å². The van der Waals surface area contributed by atoms with Gasteiger partial charge in [-0.05, 0) is 25.3 Å². The number of esters is 1. The quantitative estimate of drug-likeness (QED) is 0.248. The molecule has 0 aliphatic heterocycles. The second kappa shape index (κ2) is 8.71. The van der Waals surface area contributed by atoms with Crippen molar-refractivity contribution >= 4 is 11.7 Å². The minimum absolute atomic E-state index is 0.193. The van der Waals surface area contributed by atoms with Gasteiger partial charge < -0.3 is 9.94 Å². The zero-order valence-corrected chi connectivity index (χ0v) is 10.1. The fourth-order valence-corrected chi connectivity index (χ4v) is 1.11. The van der Waals surface area contributed by atoms with Gasteiger partial charge in [0.25, 0.3) is 0 Å². The molecule has 0 atom stereocenters. The minimum Gasteiger partial charge on any atom is -0.469 e. The molecule has 0 heterocycles. The molecule has 0 bridgehead atoms. The Kier molecular flexibility index (Phi) is 7.85. The number of rotatable bonds is 6. The van der Waals surface area contributed by atoms with Crippen molar-refractivity contribution in [3.05, 3.63) is 23.8 Å². The highest BCUT2D eigenvalue weighted by atomic mass is 16.5. The number of hydrogen-bond acceptors (Lipinski definition) is 4. The van der Waals surface area contributed by atoms with E-state index in [0.717, 1.165) is 12.0 Å². The summed E-state index contributed by atoms with van der Waals surface area (Å²) in [5.41, 5.74) is 1.35. The van der Waals surface area contributed by atoms with Gasteiger partial charge in [-0.2, -0.15) is 0 Å². The van der Waals surface area contributed by atoms with Gasteiger partial charge in [-0.25, -0.2) is 0 Å². The van der Waals surface area contributed by atoms with Gasteiger partial charge >= 0.3 is 5.97 Å². The highest BCUT2D eigenvalue weighted by Gasteiger charge is 2.03. The maximum atomic E-state index is 11.0. The van der Waals surface area contributed by atoms with Gasteiger partial charge in [0.1, 0.15) is 0 Å². The zero-order valence-electron chi connectivity index (χ0n) is 10.1. The summed E-state index contributed by atoms with van der Waals surface area (Å²) in [5.74, 6) is -0.303. The van der Waals surface area contributed by atoms with Gasteiger partial charge in [-0.15, -0.1) is 0 Å². The maximum absolute atomic E-state index is 11.0. The van der Waals surface area contributed by atoms with Crippen molar-refractivity contribution in [1.82, 2.24) is 0 Å². The van der Waals surface area contributed by atoms with Crippen LogP contribution in [0.5, 0.6) is 0 Å². The Morgan fingerprint density at radius 3 is 2.56 bits per heavy atom. The van der Waals surface area contributed by atoms with Gasteiger partial charge in [0.15, 0.2) is 0 Å². The van der Waals surface area contributed by atoms with Crippen molar-refractivity contribution in [3.8, 4) is 0 Å². The molecule has 0 unspecified atom stereocenters. The van der Waals surface area contributed by atoms with E-state index >= 15 is 0 Å². The maximum Gasteiger partial charge on any atom is 0.309 e. The summed E-state index contributed by atoms with van der Waals surface area (Å²) in [6, 6.07) is 0. The average Bonchev–Trinajstić information content (AvgIpc) is 2.32. The number of allylic oxidation sites excluding steroid dienone is 3. The van der Waals surface area contributed by atoms with Crippen LogP contribution in [0.4, 0.5) is 0 Å². The van der Waals surface area contributed by atoms with Crippen LogP contribution in [0.25, 0.3) is 0 Å². The Balaban J connectivity index is 4.54. The van der Waals surface area contributed by atoms with Crippen LogP contribution in [0.2, 0.25) is 0 Å². The molecule has 0 saturated carbocycles. The van der Waals surface area contributed by atoms with Crippen LogP contribution in [0.3, 0.4) is 0 Å². The first kappa shape index (κ1) is 14.4. The summed E-state index contributed by atoms with van der Waals surface area (Å²) >= 11 is 0. The third-order valence-corrected chi connectivity index (χ3v) is 2.10. The van der Waals surface area contributed by atoms with Gasteiger partial charge in [0.2, 0.25) is 0 Å². The van der Waals surface area contributed by atoms with E-state index in [2.05, 4.69) is 9.89 Å². The van der Waals surface area contributed by atoms with E-state index < -0.39 is 0 Å². The zero-order chi connectivity index (χ0) is 12.4. The van der Waals surface area contributed by atoms with Crippen molar-refractivity contribution in [1.29, 1.82) is 0 Å². The lowest BCUT2D eigenvalue weighted by Crippen LogP contribution is -2.01. The lowest BCUT2D eigenvalue weighted by Gasteiger charge is -2.02. The molecule has 0 aromatic heterocycles. The molecule has 0 saturated heterocycles. The van der Waals surface area contributed by atoms with Crippen LogP contribution in [0.1, 0.15) is 33.1 Å². The van der Waals surface area contributed by atoms with Crippen LogP contribution < -0.4 is 0 Å². The molecule has 0 amide bonds. The van der Waals surface area contributed by atoms with Gasteiger partial charge in [-0.3, -0.25) is 4.79 Å². The molecule has 0 rings (SSSR count). The number of ether oxygens (including phenoxy) is 1. The van der Waals surface area contributed by atoms with Crippen LogP contribution in [0, 0.1) is 0 Å². The third kappa shape index (κ3) is 6.01. The number of nitrogens with zero attached hydrogens (tertiary/aromatic N) is 1. The molecule has 0 aliphatic carbocycles. The normalized spacial score (nSPS) is 13.2. The highest BCUT2D eigenvalue weighted by Crippen LogP contribution is 2.08. The number of oxime groups is 1. The second-order valence-electron chi connectivity index (χ2n) is 3.28. The van der Waals surface area contributed by atoms with Crippen LogP contribution in [-0.2, 0) is 9.53 Å². The summed E-state index contributed by atoms with van der Waals surface area (Å²) in [6.07, 6.45) is 7.54. The van der Waals surface area contributed by atoms with Gasteiger partial charge in [0, 0.05) is 0 Å². The first-order valence-corrected chi connectivity index (χ1v) is 5.25. The largest absolute Gasteiger partial charge is 0.469 e. The molecule has 0 spiro atoms. The summed E-state index contributed by atoms with van der Waals surface area (Å²) in [6.45, 7) is 3.74. The number of methoxy groups -OCH3 is 1. The average molecular weight is 225 g/mol. The monoisotopic (exact) mass is 225 g/mol. The van der Waals surface area contributed by atoms with E-state index in [1.807, 2.05) is 19.1 Å². The molecule has 90 valence electrons. The predicted molar refractivity (Wildman–Crippen MR) is 63.7 cm³/mol. The van der Waals surface area contributed by atoms with Crippen LogP contribution >= 0.6 is 0 Å². The van der Waals surface area contributed by atoms with E-state index in [-0.39, 0.29) is 12.4 Å². The molecular weight excluding hydrogens is 206 g/mol. The summed E-state index contributed by atoms with van der Waals surface area (Å²) in [4.78, 5) is 11.0. The Morgan fingerprint density at radius 1 is 1.38 bits per heavy atom. The fourth-order valence-electron chi connectivity index (χ4n) is 1.11. The van der Waals surface area contributed by atoms with E-state index in [1.165, 1.54) is 7.11 Å². The molecule has 0 aromatic carbocycles. The number of hydrogen-bond donors (Lipinski definition) is 1. The Labute approximate surface area is 96.3 Å². The first-order valence-electron chi connectivity index (χ1n) is 5.25. The van der Waals surface area contributed by atoms with Gasteiger partial charge in [-0.1, -0.05) is 30.3 Å².